The average molecular weight is 169 g/mol. The highest BCUT2D eigenvalue weighted by Gasteiger charge is 2.53. The lowest BCUT2D eigenvalue weighted by atomic mass is 10.2. The molecule has 3 nitrogen and oxygen atoms in total. The monoisotopic (exact) mass is 169 g/mol. The first-order valence-corrected chi connectivity index (χ1v) is 4.69. The molecule has 0 bridgehead atoms. The molecule has 1 heterocycles. The summed E-state index contributed by atoms with van der Waals surface area (Å²) in [6, 6.07) is 0. The SMILES string of the molecule is CCOC(=O)C[C@H]1C2CNC[C@@H]21. The normalized spacial score (nSPS) is 37.6. The molecule has 3 heteroatoms. The first kappa shape index (κ1) is 8.05. The third-order valence-corrected chi connectivity index (χ3v) is 2.98. The second-order valence-electron chi connectivity index (χ2n) is 3.66. The van der Waals surface area contributed by atoms with Crippen molar-refractivity contribution in [1.29, 1.82) is 0 Å². The molecular formula is C9H15NO2. The second-order valence-corrected chi connectivity index (χ2v) is 3.66. The molecule has 68 valence electrons. The molecule has 12 heavy (non-hydrogen) atoms. The number of ether oxygens (including phenoxy) is 1. The Morgan fingerprint density at radius 3 is 2.75 bits per heavy atom. The Hall–Kier alpha value is -0.570. The lowest BCUT2D eigenvalue weighted by Crippen LogP contribution is -2.16. The fourth-order valence-electron chi connectivity index (χ4n) is 2.26. The lowest BCUT2D eigenvalue weighted by Gasteiger charge is -2.03. The van der Waals surface area contributed by atoms with Gasteiger partial charge in [-0.3, -0.25) is 4.79 Å². The number of fused-ring (bicyclic) bond motifs is 1. The topological polar surface area (TPSA) is 38.3 Å². The summed E-state index contributed by atoms with van der Waals surface area (Å²) in [5.41, 5.74) is 0. The molecule has 0 aromatic heterocycles. The van der Waals surface area contributed by atoms with Crippen LogP contribution in [0, 0.1) is 17.8 Å². The van der Waals surface area contributed by atoms with Crippen LogP contribution in [0.3, 0.4) is 0 Å². The molecule has 0 spiro atoms. The van der Waals surface area contributed by atoms with E-state index in [-0.39, 0.29) is 5.97 Å². The summed E-state index contributed by atoms with van der Waals surface area (Å²) in [7, 11) is 0. The van der Waals surface area contributed by atoms with Gasteiger partial charge in [0.05, 0.1) is 6.61 Å². The number of rotatable bonds is 3. The maximum atomic E-state index is 11.1. The van der Waals surface area contributed by atoms with Crippen LogP contribution in [0.25, 0.3) is 0 Å². The second kappa shape index (κ2) is 3.05. The summed E-state index contributed by atoms with van der Waals surface area (Å²) < 4.78 is 4.90. The molecule has 1 unspecified atom stereocenters. The highest BCUT2D eigenvalue weighted by molar-refractivity contribution is 5.70. The van der Waals surface area contributed by atoms with E-state index >= 15 is 0 Å². The minimum atomic E-state index is -0.0168. The molecule has 0 radical (unpaired) electrons. The summed E-state index contributed by atoms with van der Waals surface area (Å²) in [5.74, 6) is 2.16. The predicted octanol–water partition coefficient (Wildman–Crippen LogP) is 0.405. The molecule has 0 aromatic rings. The van der Waals surface area contributed by atoms with Crippen molar-refractivity contribution in [3.63, 3.8) is 0 Å². The Balaban J connectivity index is 1.72. The van der Waals surface area contributed by atoms with Gasteiger partial charge in [0.2, 0.25) is 0 Å². The molecule has 1 saturated carbocycles. The van der Waals surface area contributed by atoms with Gasteiger partial charge in [0, 0.05) is 6.42 Å². The van der Waals surface area contributed by atoms with Crippen LogP contribution in [-0.2, 0) is 9.53 Å². The van der Waals surface area contributed by atoms with Gasteiger partial charge in [0.25, 0.3) is 0 Å². The van der Waals surface area contributed by atoms with E-state index in [1.54, 1.807) is 0 Å². The number of piperidine rings is 1. The molecule has 3 atom stereocenters. The van der Waals surface area contributed by atoms with Crippen molar-refractivity contribution in [1.82, 2.24) is 5.32 Å². The quantitative estimate of drug-likeness (QED) is 0.622. The van der Waals surface area contributed by atoms with Crippen molar-refractivity contribution >= 4 is 5.97 Å². The van der Waals surface area contributed by atoms with E-state index in [1.807, 2.05) is 6.92 Å². The van der Waals surface area contributed by atoms with Crippen LogP contribution in [0.1, 0.15) is 13.3 Å². The van der Waals surface area contributed by atoms with E-state index in [0.717, 1.165) is 24.9 Å². The minimum Gasteiger partial charge on any atom is -0.466 e. The van der Waals surface area contributed by atoms with Gasteiger partial charge in [-0.05, 0) is 37.8 Å². The Morgan fingerprint density at radius 2 is 2.17 bits per heavy atom. The Morgan fingerprint density at radius 1 is 1.50 bits per heavy atom. The zero-order valence-electron chi connectivity index (χ0n) is 7.38. The summed E-state index contributed by atoms with van der Waals surface area (Å²) in [6.45, 7) is 4.58. The summed E-state index contributed by atoms with van der Waals surface area (Å²) in [6.07, 6.45) is 0.644. The van der Waals surface area contributed by atoms with Crippen molar-refractivity contribution in [2.24, 2.45) is 17.8 Å². The van der Waals surface area contributed by atoms with Gasteiger partial charge < -0.3 is 10.1 Å². The first-order valence-electron chi connectivity index (χ1n) is 4.69. The van der Waals surface area contributed by atoms with E-state index in [4.69, 9.17) is 4.74 Å². The minimum absolute atomic E-state index is 0.0168. The zero-order valence-corrected chi connectivity index (χ0v) is 7.38. The molecule has 1 saturated heterocycles. The maximum absolute atomic E-state index is 11.1. The molecule has 1 N–H and O–H groups in total. The first-order chi connectivity index (χ1) is 5.83. The van der Waals surface area contributed by atoms with Crippen molar-refractivity contribution < 1.29 is 9.53 Å². The van der Waals surface area contributed by atoms with Crippen LogP contribution in [0.15, 0.2) is 0 Å². The van der Waals surface area contributed by atoms with Crippen LogP contribution >= 0.6 is 0 Å². The van der Waals surface area contributed by atoms with Crippen molar-refractivity contribution in [3.05, 3.63) is 0 Å². The van der Waals surface area contributed by atoms with E-state index < -0.39 is 0 Å². The Kier molecular flexibility index (Phi) is 2.05. The smallest absolute Gasteiger partial charge is 0.306 e. The van der Waals surface area contributed by atoms with Crippen molar-refractivity contribution in [2.45, 2.75) is 13.3 Å². The summed E-state index contributed by atoms with van der Waals surface area (Å²) >= 11 is 0. The van der Waals surface area contributed by atoms with E-state index in [1.165, 1.54) is 0 Å². The maximum Gasteiger partial charge on any atom is 0.306 e. The number of carbonyl (C=O) groups is 1. The third-order valence-electron chi connectivity index (χ3n) is 2.98. The number of hydrogen-bond donors (Lipinski definition) is 1. The van der Waals surface area contributed by atoms with Gasteiger partial charge in [-0.2, -0.15) is 0 Å². The van der Waals surface area contributed by atoms with Crippen molar-refractivity contribution in [2.75, 3.05) is 19.7 Å². The third kappa shape index (κ3) is 1.33. The van der Waals surface area contributed by atoms with Gasteiger partial charge in [0.1, 0.15) is 0 Å². The van der Waals surface area contributed by atoms with Crippen LogP contribution in [0.4, 0.5) is 0 Å². The lowest BCUT2D eigenvalue weighted by molar-refractivity contribution is -0.143. The van der Waals surface area contributed by atoms with E-state index in [9.17, 15) is 4.79 Å². The molecule has 0 aromatic carbocycles. The van der Waals surface area contributed by atoms with Crippen molar-refractivity contribution in [3.8, 4) is 0 Å². The number of hydrogen-bond acceptors (Lipinski definition) is 3. The standard InChI is InChI=1S/C9H15NO2/c1-2-12-9(11)3-6-7-4-10-5-8(6)7/h6-8,10H,2-5H2,1H3/t6-,7-,8?/m1/s1. The summed E-state index contributed by atoms with van der Waals surface area (Å²) in [4.78, 5) is 11.1. The Bertz CT molecular complexity index is 183. The van der Waals surface area contributed by atoms with Gasteiger partial charge >= 0.3 is 5.97 Å². The van der Waals surface area contributed by atoms with Crippen LogP contribution in [0.2, 0.25) is 0 Å². The van der Waals surface area contributed by atoms with Crippen LogP contribution in [-0.4, -0.2) is 25.7 Å². The molecule has 2 fully saturated rings. The molecule has 2 rings (SSSR count). The fourth-order valence-corrected chi connectivity index (χ4v) is 2.26. The number of nitrogens with one attached hydrogen (secondary N) is 1. The highest BCUT2D eigenvalue weighted by Crippen LogP contribution is 2.50. The molecule has 1 aliphatic heterocycles. The predicted molar refractivity (Wildman–Crippen MR) is 44.6 cm³/mol. The highest BCUT2D eigenvalue weighted by atomic mass is 16.5. The van der Waals surface area contributed by atoms with Crippen LogP contribution < -0.4 is 5.32 Å². The molecular weight excluding hydrogens is 154 g/mol. The number of carbonyl (C=O) groups excluding carboxylic acids is 1. The largest absolute Gasteiger partial charge is 0.466 e. The Labute approximate surface area is 72.5 Å². The van der Waals surface area contributed by atoms with Crippen LogP contribution in [0.5, 0.6) is 0 Å². The molecule has 2 aliphatic rings. The van der Waals surface area contributed by atoms with Gasteiger partial charge in [-0.25, -0.2) is 0 Å². The molecule has 0 amide bonds. The molecule has 1 aliphatic carbocycles. The average Bonchev–Trinajstić information content (AvgIpc) is 2.51. The van der Waals surface area contributed by atoms with Gasteiger partial charge in [-0.15, -0.1) is 0 Å². The zero-order chi connectivity index (χ0) is 8.55. The van der Waals surface area contributed by atoms with Gasteiger partial charge in [-0.1, -0.05) is 0 Å². The van der Waals surface area contributed by atoms with Gasteiger partial charge in [0.15, 0.2) is 0 Å². The fraction of sp³-hybridized carbons (Fsp3) is 0.889. The summed E-state index contributed by atoms with van der Waals surface area (Å²) in [5, 5.41) is 3.30. The van der Waals surface area contributed by atoms with E-state index in [0.29, 0.717) is 18.9 Å². The number of esters is 1. The van der Waals surface area contributed by atoms with E-state index in [2.05, 4.69) is 5.32 Å².